The molecule has 7 nitrogen and oxygen atoms in total. The maximum atomic E-state index is 13.1. The number of Topliss-reactive ketones (excluding diaryl/α,β-unsaturated/α-hetero) is 1. The SMILES string of the molecule is COc1ccc(OC)c(C2C3=C(CCCC3=O)Nc3nc(-c4ccccc4C)nn32)c1. The molecule has 1 aliphatic heterocycles. The molecule has 1 aliphatic carbocycles. The second-order valence-electron chi connectivity index (χ2n) is 7.82. The molecule has 31 heavy (non-hydrogen) atoms. The minimum Gasteiger partial charge on any atom is -0.497 e. The van der Waals surface area contributed by atoms with Crippen LogP contribution in [0.4, 0.5) is 5.95 Å². The third kappa shape index (κ3) is 3.17. The Bertz CT molecular complexity index is 1210. The lowest BCUT2D eigenvalue weighted by molar-refractivity contribution is -0.116. The summed E-state index contributed by atoms with van der Waals surface area (Å²) < 4.78 is 12.9. The van der Waals surface area contributed by atoms with E-state index in [1.54, 1.807) is 18.9 Å². The van der Waals surface area contributed by atoms with E-state index in [4.69, 9.17) is 19.6 Å². The first-order chi connectivity index (χ1) is 15.1. The van der Waals surface area contributed by atoms with Crippen molar-refractivity contribution in [1.82, 2.24) is 14.8 Å². The fourth-order valence-electron chi connectivity index (χ4n) is 4.43. The van der Waals surface area contributed by atoms with E-state index >= 15 is 0 Å². The van der Waals surface area contributed by atoms with Crippen molar-refractivity contribution in [1.29, 1.82) is 0 Å². The molecule has 0 bridgehead atoms. The molecule has 0 fully saturated rings. The standard InChI is InChI=1S/C24H24N4O3/c1-14-7-4-5-8-16(14)23-26-24-25-18-9-6-10-19(29)21(18)22(28(24)27-23)17-13-15(30-2)11-12-20(17)31-3/h4-5,7-8,11-13,22H,6,9-10H2,1-3H3,(H,25,26,27). The molecule has 5 rings (SSSR count). The third-order valence-electron chi connectivity index (χ3n) is 5.99. The van der Waals surface area contributed by atoms with Crippen molar-refractivity contribution in [3.8, 4) is 22.9 Å². The minimum absolute atomic E-state index is 0.127. The van der Waals surface area contributed by atoms with Gasteiger partial charge in [0.1, 0.15) is 17.5 Å². The second-order valence-corrected chi connectivity index (χ2v) is 7.82. The molecule has 2 aliphatic rings. The predicted octanol–water partition coefficient (Wildman–Crippen LogP) is 4.29. The number of ether oxygens (including phenoxy) is 2. The van der Waals surface area contributed by atoms with Crippen LogP contribution in [-0.4, -0.2) is 34.8 Å². The van der Waals surface area contributed by atoms with Gasteiger partial charge >= 0.3 is 0 Å². The second kappa shape index (κ2) is 7.58. The first kappa shape index (κ1) is 19.4. The smallest absolute Gasteiger partial charge is 0.226 e. The van der Waals surface area contributed by atoms with Crippen LogP contribution in [0.1, 0.15) is 36.4 Å². The number of ketones is 1. The number of hydrogen-bond acceptors (Lipinski definition) is 6. The van der Waals surface area contributed by atoms with Crippen LogP contribution in [0.5, 0.6) is 11.5 Å². The molecule has 158 valence electrons. The molecule has 0 radical (unpaired) electrons. The molecule has 1 aromatic heterocycles. The number of aryl methyl sites for hydroxylation is 1. The number of carbonyl (C=O) groups excluding carboxylic acids is 1. The van der Waals surface area contributed by atoms with Crippen molar-refractivity contribution in [3.05, 3.63) is 64.9 Å². The van der Waals surface area contributed by atoms with Gasteiger partial charge in [-0.3, -0.25) is 4.79 Å². The number of rotatable bonds is 4. The Balaban J connectivity index is 1.74. The number of methoxy groups -OCH3 is 2. The van der Waals surface area contributed by atoms with Gasteiger partial charge in [0.05, 0.1) is 14.2 Å². The number of aromatic nitrogens is 3. The fraction of sp³-hybridized carbons (Fsp3) is 0.292. The Labute approximate surface area is 180 Å². The number of hydrogen-bond donors (Lipinski definition) is 1. The van der Waals surface area contributed by atoms with Crippen molar-refractivity contribution < 1.29 is 14.3 Å². The van der Waals surface area contributed by atoms with E-state index in [2.05, 4.69) is 5.32 Å². The highest BCUT2D eigenvalue weighted by atomic mass is 16.5. The van der Waals surface area contributed by atoms with Crippen molar-refractivity contribution in [3.63, 3.8) is 0 Å². The van der Waals surface area contributed by atoms with Gasteiger partial charge in [0.25, 0.3) is 0 Å². The van der Waals surface area contributed by atoms with Crippen LogP contribution in [0.15, 0.2) is 53.7 Å². The maximum absolute atomic E-state index is 13.1. The summed E-state index contributed by atoms with van der Waals surface area (Å²) in [6.07, 6.45) is 2.15. The zero-order valence-electron chi connectivity index (χ0n) is 17.8. The highest BCUT2D eigenvalue weighted by Crippen LogP contribution is 2.44. The summed E-state index contributed by atoms with van der Waals surface area (Å²) in [6.45, 7) is 2.04. The lowest BCUT2D eigenvalue weighted by atomic mass is 9.85. The lowest BCUT2D eigenvalue weighted by Gasteiger charge is -2.32. The van der Waals surface area contributed by atoms with Crippen LogP contribution in [0.3, 0.4) is 0 Å². The lowest BCUT2D eigenvalue weighted by Crippen LogP contribution is -2.31. The molecule has 1 atom stereocenters. The molecule has 0 saturated carbocycles. The summed E-state index contributed by atoms with van der Waals surface area (Å²) in [4.78, 5) is 17.9. The minimum atomic E-state index is -0.436. The van der Waals surface area contributed by atoms with Crippen molar-refractivity contribution in [2.24, 2.45) is 0 Å². The summed E-state index contributed by atoms with van der Waals surface area (Å²) in [5.41, 5.74) is 4.53. The van der Waals surface area contributed by atoms with Crippen LogP contribution in [-0.2, 0) is 4.79 Å². The molecule has 7 heteroatoms. The zero-order chi connectivity index (χ0) is 21.5. The van der Waals surface area contributed by atoms with E-state index in [1.807, 2.05) is 49.4 Å². The Kier molecular flexibility index (Phi) is 4.73. The molecule has 2 aromatic carbocycles. The van der Waals surface area contributed by atoms with E-state index in [0.29, 0.717) is 29.7 Å². The third-order valence-corrected chi connectivity index (χ3v) is 5.99. The highest BCUT2D eigenvalue weighted by Gasteiger charge is 2.38. The summed E-state index contributed by atoms with van der Waals surface area (Å²) in [5.74, 6) is 2.75. The zero-order valence-corrected chi connectivity index (χ0v) is 17.8. The molecule has 1 N–H and O–H groups in total. The van der Waals surface area contributed by atoms with Gasteiger partial charge in [-0.2, -0.15) is 4.98 Å². The number of carbonyl (C=O) groups is 1. The molecule has 1 unspecified atom stereocenters. The Morgan fingerprint density at radius 2 is 1.94 bits per heavy atom. The summed E-state index contributed by atoms with van der Waals surface area (Å²) in [6, 6.07) is 13.2. The predicted molar refractivity (Wildman–Crippen MR) is 117 cm³/mol. The van der Waals surface area contributed by atoms with E-state index in [1.165, 1.54) is 0 Å². The van der Waals surface area contributed by atoms with E-state index < -0.39 is 6.04 Å². The average molecular weight is 416 g/mol. The topological polar surface area (TPSA) is 78.3 Å². The molecular weight excluding hydrogens is 392 g/mol. The highest BCUT2D eigenvalue weighted by molar-refractivity contribution is 5.99. The van der Waals surface area contributed by atoms with Crippen LogP contribution in [0.2, 0.25) is 0 Å². The number of nitrogens with zero attached hydrogens (tertiary/aromatic N) is 3. The number of anilines is 1. The Morgan fingerprint density at radius 1 is 1.10 bits per heavy atom. The largest absolute Gasteiger partial charge is 0.497 e. The molecule has 3 aromatic rings. The molecule has 0 saturated heterocycles. The Morgan fingerprint density at radius 3 is 2.71 bits per heavy atom. The summed E-state index contributed by atoms with van der Waals surface area (Å²) in [5, 5.41) is 8.24. The van der Waals surface area contributed by atoms with Gasteiger partial charge in [0.2, 0.25) is 5.95 Å². The first-order valence-corrected chi connectivity index (χ1v) is 10.4. The first-order valence-electron chi connectivity index (χ1n) is 10.4. The van der Waals surface area contributed by atoms with E-state index in [-0.39, 0.29) is 5.78 Å². The summed E-state index contributed by atoms with van der Waals surface area (Å²) >= 11 is 0. The molecule has 0 amide bonds. The fourth-order valence-corrected chi connectivity index (χ4v) is 4.43. The number of fused-ring (bicyclic) bond motifs is 1. The normalized spacial score (nSPS) is 17.6. The van der Waals surface area contributed by atoms with Crippen molar-refractivity contribution in [2.75, 3.05) is 19.5 Å². The monoisotopic (exact) mass is 416 g/mol. The summed E-state index contributed by atoms with van der Waals surface area (Å²) in [7, 11) is 3.26. The van der Waals surface area contributed by atoms with Gasteiger partial charge in [0.15, 0.2) is 11.6 Å². The maximum Gasteiger partial charge on any atom is 0.226 e. The van der Waals surface area contributed by atoms with Crippen LogP contribution in [0, 0.1) is 6.92 Å². The van der Waals surface area contributed by atoms with Crippen LogP contribution >= 0.6 is 0 Å². The number of allylic oxidation sites excluding steroid dienone is 2. The van der Waals surface area contributed by atoms with Gasteiger partial charge in [-0.1, -0.05) is 24.3 Å². The van der Waals surface area contributed by atoms with Crippen molar-refractivity contribution in [2.45, 2.75) is 32.2 Å². The van der Waals surface area contributed by atoms with Crippen molar-refractivity contribution >= 4 is 11.7 Å². The quantitative estimate of drug-likeness (QED) is 0.684. The van der Waals surface area contributed by atoms with Gasteiger partial charge < -0.3 is 14.8 Å². The van der Waals surface area contributed by atoms with Gasteiger partial charge in [0, 0.05) is 28.8 Å². The van der Waals surface area contributed by atoms with Gasteiger partial charge in [-0.25, -0.2) is 4.68 Å². The number of nitrogens with one attached hydrogen (secondary N) is 1. The molecule has 2 heterocycles. The van der Waals surface area contributed by atoms with E-state index in [9.17, 15) is 4.79 Å². The van der Waals surface area contributed by atoms with E-state index in [0.717, 1.165) is 40.8 Å². The Hall–Kier alpha value is -3.61. The molecular formula is C24H24N4O3. The van der Waals surface area contributed by atoms with Gasteiger partial charge in [-0.05, 0) is 43.5 Å². The van der Waals surface area contributed by atoms with Crippen LogP contribution in [0.25, 0.3) is 11.4 Å². The van der Waals surface area contributed by atoms with Crippen LogP contribution < -0.4 is 14.8 Å². The van der Waals surface area contributed by atoms with Gasteiger partial charge in [-0.15, -0.1) is 5.10 Å². The average Bonchev–Trinajstić information content (AvgIpc) is 3.21. The number of benzene rings is 2. The molecule has 0 spiro atoms.